The molecule has 0 saturated carbocycles. The quantitative estimate of drug-likeness (QED) is 0.598. The molecular formula is C6H14N2O2S. The maximum atomic E-state index is 10.6. The van der Waals surface area contributed by atoms with Gasteiger partial charge in [-0.15, -0.1) is 0 Å². The largest absolute Gasteiger partial charge is 0.314 e. The lowest BCUT2D eigenvalue weighted by atomic mass is 9.95. The lowest BCUT2D eigenvalue weighted by Gasteiger charge is -2.32. The molecule has 1 aliphatic heterocycles. The monoisotopic (exact) mass is 178 g/mol. The van der Waals surface area contributed by atoms with Crippen LogP contribution in [-0.2, 0) is 10.0 Å². The topological polar surface area (TPSA) is 72.2 Å². The van der Waals surface area contributed by atoms with E-state index in [1.165, 1.54) is 0 Å². The first kappa shape index (κ1) is 8.96. The van der Waals surface area contributed by atoms with Crippen molar-refractivity contribution in [2.45, 2.75) is 19.4 Å². The summed E-state index contributed by atoms with van der Waals surface area (Å²) in [7, 11) is -3.28. The second kappa shape index (κ2) is 3.08. The Labute approximate surface area is 67.2 Å². The van der Waals surface area contributed by atoms with E-state index in [2.05, 4.69) is 5.32 Å². The van der Waals surface area contributed by atoms with Crippen LogP contribution in [0.5, 0.6) is 0 Å². The number of nitrogens with two attached hydrogens (primary N) is 1. The molecule has 0 amide bonds. The Bertz CT molecular complexity index is 221. The van der Waals surface area contributed by atoms with Crippen LogP contribution < -0.4 is 10.5 Å². The van der Waals surface area contributed by atoms with Gasteiger partial charge in [-0.2, -0.15) is 0 Å². The first-order chi connectivity index (χ1) is 4.99. The van der Waals surface area contributed by atoms with Crippen LogP contribution in [0.3, 0.4) is 0 Å². The molecule has 11 heavy (non-hydrogen) atoms. The Kier molecular flexibility index (Phi) is 2.51. The minimum absolute atomic E-state index is 0.0880. The lowest BCUT2D eigenvalue weighted by Crippen LogP contribution is -2.49. The van der Waals surface area contributed by atoms with Crippen LogP contribution in [-0.4, -0.2) is 26.8 Å². The van der Waals surface area contributed by atoms with E-state index >= 15 is 0 Å². The van der Waals surface area contributed by atoms with Crippen LogP contribution in [0.4, 0.5) is 0 Å². The van der Waals surface area contributed by atoms with Crippen molar-refractivity contribution in [2.75, 3.05) is 12.3 Å². The molecule has 0 spiro atoms. The average Bonchev–Trinajstić information content (AvgIpc) is 1.50. The third-order valence-corrected chi connectivity index (χ3v) is 3.03. The molecule has 1 rings (SSSR count). The Balaban J connectivity index is 2.36. The number of hydrogen-bond acceptors (Lipinski definition) is 3. The summed E-state index contributed by atoms with van der Waals surface area (Å²) in [4.78, 5) is 0. The maximum Gasteiger partial charge on any atom is 0.209 e. The van der Waals surface area contributed by atoms with Gasteiger partial charge in [-0.05, 0) is 18.9 Å². The van der Waals surface area contributed by atoms with E-state index in [1.54, 1.807) is 0 Å². The molecule has 1 saturated heterocycles. The van der Waals surface area contributed by atoms with E-state index in [9.17, 15) is 8.42 Å². The van der Waals surface area contributed by atoms with Gasteiger partial charge < -0.3 is 5.32 Å². The molecule has 3 N–H and O–H groups in total. The zero-order valence-corrected chi connectivity index (χ0v) is 7.39. The van der Waals surface area contributed by atoms with Crippen LogP contribution in [0, 0.1) is 5.92 Å². The molecule has 0 radical (unpaired) electrons. The summed E-state index contributed by atoms with van der Waals surface area (Å²) in [6.45, 7) is 2.90. The number of nitrogens with one attached hydrogen (secondary N) is 1. The van der Waals surface area contributed by atoms with E-state index in [1.807, 2.05) is 6.92 Å². The Hall–Kier alpha value is -0.130. The highest BCUT2D eigenvalue weighted by Crippen LogP contribution is 2.14. The van der Waals surface area contributed by atoms with Crippen LogP contribution in [0.25, 0.3) is 0 Å². The van der Waals surface area contributed by atoms with E-state index in [0.29, 0.717) is 6.04 Å². The van der Waals surface area contributed by atoms with Gasteiger partial charge in [0.05, 0.1) is 5.75 Å². The molecule has 1 aliphatic rings. The zero-order valence-electron chi connectivity index (χ0n) is 6.58. The second-order valence-electron chi connectivity index (χ2n) is 3.16. The smallest absolute Gasteiger partial charge is 0.209 e. The van der Waals surface area contributed by atoms with Crippen molar-refractivity contribution in [1.29, 1.82) is 0 Å². The molecule has 5 heteroatoms. The zero-order chi connectivity index (χ0) is 8.48. The fraction of sp³-hybridized carbons (Fsp3) is 1.00. The van der Waals surface area contributed by atoms with Gasteiger partial charge in [0.15, 0.2) is 0 Å². The molecule has 2 atom stereocenters. The van der Waals surface area contributed by atoms with Crippen LogP contribution in [0.1, 0.15) is 13.3 Å². The van der Waals surface area contributed by atoms with Crippen molar-refractivity contribution in [3.05, 3.63) is 0 Å². The van der Waals surface area contributed by atoms with E-state index in [4.69, 9.17) is 5.14 Å². The summed E-state index contributed by atoms with van der Waals surface area (Å²) in [5.41, 5.74) is 0. The molecule has 0 aromatic heterocycles. The van der Waals surface area contributed by atoms with Gasteiger partial charge in [-0.25, -0.2) is 13.6 Å². The summed E-state index contributed by atoms with van der Waals surface area (Å²) in [6, 6.07) is 0.355. The number of sulfonamides is 1. The van der Waals surface area contributed by atoms with E-state index < -0.39 is 10.0 Å². The van der Waals surface area contributed by atoms with Crippen LogP contribution in [0.15, 0.2) is 0 Å². The fourth-order valence-electron chi connectivity index (χ4n) is 1.28. The minimum Gasteiger partial charge on any atom is -0.314 e. The van der Waals surface area contributed by atoms with Crippen molar-refractivity contribution < 1.29 is 8.42 Å². The normalized spacial score (nSPS) is 27.6. The maximum absolute atomic E-state index is 10.6. The van der Waals surface area contributed by atoms with Gasteiger partial charge in [0, 0.05) is 6.04 Å². The number of rotatable bonds is 3. The first-order valence-electron chi connectivity index (χ1n) is 3.73. The van der Waals surface area contributed by atoms with Crippen molar-refractivity contribution in [2.24, 2.45) is 11.1 Å². The number of primary sulfonamides is 1. The summed E-state index contributed by atoms with van der Waals surface area (Å²) in [6.07, 6.45) is 1.07. The Morgan fingerprint density at radius 2 is 2.27 bits per heavy atom. The molecule has 0 unspecified atom stereocenters. The lowest BCUT2D eigenvalue weighted by molar-refractivity contribution is 0.292. The van der Waals surface area contributed by atoms with Crippen LogP contribution >= 0.6 is 0 Å². The molecule has 1 fully saturated rings. The van der Waals surface area contributed by atoms with Crippen molar-refractivity contribution in [3.8, 4) is 0 Å². The van der Waals surface area contributed by atoms with Crippen molar-refractivity contribution in [1.82, 2.24) is 5.32 Å². The second-order valence-corrected chi connectivity index (χ2v) is 4.82. The number of hydrogen-bond donors (Lipinski definition) is 2. The van der Waals surface area contributed by atoms with Gasteiger partial charge in [-0.3, -0.25) is 0 Å². The van der Waals surface area contributed by atoms with E-state index in [-0.39, 0.29) is 11.7 Å². The van der Waals surface area contributed by atoms with Gasteiger partial charge in [-0.1, -0.05) is 6.92 Å². The standard InChI is InChI=1S/C6H14N2O2S/c1-5(4-11(7,9)10)6-2-3-8-6/h5-6,8H,2-4H2,1H3,(H2,7,9,10)/t5-,6+/m1/s1. The predicted molar refractivity (Wildman–Crippen MR) is 43.5 cm³/mol. The SMILES string of the molecule is C[C@H](CS(N)(=O)=O)[C@@H]1CCN1. The first-order valence-corrected chi connectivity index (χ1v) is 5.44. The third-order valence-electron chi connectivity index (χ3n) is 2.04. The van der Waals surface area contributed by atoms with E-state index in [0.717, 1.165) is 13.0 Å². The van der Waals surface area contributed by atoms with Crippen molar-refractivity contribution >= 4 is 10.0 Å². The fourth-order valence-corrected chi connectivity index (χ4v) is 2.24. The predicted octanol–water partition coefficient (Wildman–Crippen LogP) is -0.727. The highest BCUT2D eigenvalue weighted by Gasteiger charge is 2.25. The Morgan fingerprint density at radius 1 is 1.73 bits per heavy atom. The molecule has 0 aromatic rings. The molecular weight excluding hydrogens is 164 g/mol. The minimum atomic E-state index is -3.28. The van der Waals surface area contributed by atoms with Crippen molar-refractivity contribution in [3.63, 3.8) is 0 Å². The molecule has 0 aromatic carbocycles. The molecule has 4 nitrogen and oxygen atoms in total. The summed E-state index contributed by atoms with van der Waals surface area (Å²) >= 11 is 0. The molecule has 0 bridgehead atoms. The average molecular weight is 178 g/mol. The summed E-state index contributed by atoms with van der Waals surface area (Å²) in [5.74, 6) is 0.226. The third kappa shape index (κ3) is 2.76. The molecule has 1 heterocycles. The van der Waals surface area contributed by atoms with Gasteiger partial charge in [0.2, 0.25) is 10.0 Å². The highest BCUT2D eigenvalue weighted by molar-refractivity contribution is 7.89. The highest BCUT2D eigenvalue weighted by atomic mass is 32.2. The van der Waals surface area contributed by atoms with Gasteiger partial charge >= 0.3 is 0 Å². The van der Waals surface area contributed by atoms with Crippen LogP contribution in [0.2, 0.25) is 0 Å². The summed E-state index contributed by atoms with van der Waals surface area (Å²) < 4.78 is 21.3. The van der Waals surface area contributed by atoms with Gasteiger partial charge in [0.25, 0.3) is 0 Å². The van der Waals surface area contributed by atoms with Gasteiger partial charge in [0.1, 0.15) is 0 Å². The Morgan fingerprint density at radius 3 is 2.55 bits per heavy atom. The molecule has 66 valence electrons. The summed E-state index contributed by atoms with van der Waals surface area (Å²) in [5, 5.41) is 8.05. The molecule has 0 aliphatic carbocycles.